The van der Waals surface area contributed by atoms with Crippen LogP contribution >= 0.6 is 0 Å². The maximum atomic E-state index is 11.9. The van der Waals surface area contributed by atoms with Gasteiger partial charge in [-0.2, -0.15) is 0 Å². The molecular weight excluding hydrogens is 250 g/mol. The molecule has 0 aromatic heterocycles. The van der Waals surface area contributed by atoms with E-state index in [2.05, 4.69) is 31.3 Å². The first-order chi connectivity index (χ1) is 9.51. The summed E-state index contributed by atoms with van der Waals surface area (Å²) in [7, 11) is 0. The van der Waals surface area contributed by atoms with Crippen LogP contribution in [-0.2, 0) is 17.6 Å². The second-order valence-electron chi connectivity index (χ2n) is 5.93. The molecule has 0 fully saturated rings. The molecule has 0 aliphatic rings. The summed E-state index contributed by atoms with van der Waals surface area (Å²) in [6, 6.07) is 8.41. The minimum absolute atomic E-state index is 0.0482. The highest BCUT2D eigenvalue weighted by Gasteiger charge is 2.08. The number of aliphatic hydroxyl groups is 1. The molecule has 1 atom stereocenters. The zero-order chi connectivity index (χ0) is 15.0. The Labute approximate surface area is 122 Å². The van der Waals surface area contributed by atoms with Gasteiger partial charge in [0.05, 0.1) is 6.42 Å². The maximum absolute atomic E-state index is 11.9. The van der Waals surface area contributed by atoms with Crippen molar-refractivity contribution in [1.82, 2.24) is 5.32 Å². The van der Waals surface area contributed by atoms with Crippen LogP contribution in [0, 0.1) is 5.92 Å². The van der Waals surface area contributed by atoms with Crippen molar-refractivity contribution in [1.29, 1.82) is 0 Å². The molecule has 0 heterocycles. The third-order valence-corrected chi connectivity index (χ3v) is 3.23. The lowest BCUT2D eigenvalue weighted by atomic mass is 10.0. The lowest BCUT2D eigenvalue weighted by molar-refractivity contribution is -0.121. The molecule has 1 rings (SSSR count). The predicted molar refractivity (Wildman–Crippen MR) is 82.6 cm³/mol. The fourth-order valence-electron chi connectivity index (χ4n) is 2.25. The fraction of sp³-hybridized carbons (Fsp3) is 0.588. The van der Waals surface area contributed by atoms with Gasteiger partial charge in [-0.1, -0.05) is 38.1 Å². The number of rotatable bonds is 8. The van der Waals surface area contributed by atoms with Crippen LogP contribution in [0.4, 0.5) is 0 Å². The predicted octanol–water partition coefficient (Wildman–Crippen LogP) is 2.70. The number of hydrogen-bond donors (Lipinski definition) is 2. The van der Waals surface area contributed by atoms with Crippen LogP contribution < -0.4 is 5.32 Å². The molecule has 3 nitrogen and oxygen atoms in total. The van der Waals surface area contributed by atoms with Gasteiger partial charge in [0.2, 0.25) is 5.91 Å². The van der Waals surface area contributed by atoms with E-state index in [0.717, 1.165) is 24.8 Å². The minimum Gasteiger partial charge on any atom is -0.396 e. The third kappa shape index (κ3) is 6.71. The highest BCUT2D eigenvalue weighted by Crippen LogP contribution is 2.10. The van der Waals surface area contributed by atoms with E-state index in [1.807, 2.05) is 19.1 Å². The fourth-order valence-corrected chi connectivity index (χ4v) is 2.25. The Hall–Kier alpha value is -1.35. The summed E-state index contributed by atoms with van der Waals surface area (Å²) >= 11 is 0. The van der Waals surface area contributed by atoms with E-state index in [9.17, 15) is 4.79 Å². The van der Waals surface area contributed by atoms with E-state index in [0.29, 0.717) is 12.3 Å². The largest absolute Gasteiger partial charge is 0.396 e. The Morgan fingerprint density at radius 1 is 1.15 bits per heavy atom. The van der Waals surface area contributed by atoms with Gasteiger partial charge >= 0.3 is 0 Å². The molecule has 0 spiro atoms. The summed E-state index contributed by atoms with van der Waals surface area (Å²) in [5.74, 6) is 0.698. The van der Waals surface area contributed by atoms with E-state index in [-0.39, 0.29) is 18.6 Å². The first kappa shape index (κ1) is 16.7. The van der Waals surface area contributed by atoms with Crippen molar-refractivity contribution in [3.8, 4) is 0 Å². The van der Waals surface area contributed by atoms with Gasteiger partial charge in [0, 0.05) is 12.6 Å². The van der Waals surface area contributed by atoms with Crippen molar-refractivity contribution in [3.05, 3.63) is 35.4 Å². The zero-order valence-electron chi connectivity index (χ0n) is 12.9. The van der Waals surface area contributed by atoms with Crippen LogP contribution in [0.5, 0.6) is 0 Å². The van der Waals surface area contributed by atoms with Gasteiger partial charge in [-0.25, -0.2) is 0 Å². The monoisotopic (exact) mass is 277 g/mol. The molecule has 20 heavy (non-hydrogen) atoms. The number of carbonyl (C=O) groups excluding carboxylic acids is 1. The number of carbonyl (C=O) groups is 1. The molecule has 0 radical (unpaired) electrons. The first-order valence-electron chi connectivity index (χ1n) is 7.49. The second kappa shape index (κ2) is 8.75. The van der Waals surface area contributed by atoms with Crippen molar-refractivity contribution in [2.24, 2.45) is 5.92 Å². The van der Waals surface area contributed by atoms with E-state index >= 15 is 0 Å². The summed E-state index contributed by atoms with van der Waals surface area (Å²) in [4.78, 5) is 11.9. The molecule has 0 aliphatic carbocycles. The van der Waals surface area contributed by atoms with Gasteiger partial charge in [-0.05, 0) is 43.2 Å². The molecule has 0 saturated carbocycles. The quantitative estimate of drug-likeness (QED) is 0.767. The smallest absolute Gasteiger partial charge is 0.224 e. The number of hydrogen-bond acceptors (Lipinski definition) is 2. The SMILES string of the molecule is CC(C)Cc1ccc(CC(=O)NC(C)CCCO)cc1. The number of benzene rings is 1. The van der Waals surface area contributed by atoms with Crippen LogP contribution in [-0.4, -0.2) is 23.7 Å². The van der Waals surface area contributed by atoms with Crippen LogP contribution in [0.2, 0.25) is 0 Å². The summed E-state index contributed by atoms with van der Waals surface area (Å²) in [5.41, 5.74) is 2.37. The van der Waals surface area contributed by atoms with E-state index < -0.39 is 0 Å². The Kier molecular flexibility index (Phi) is 7.31. The standard InChI is InChI=1S/C17H27NO2/c1-13(2)11-15-6-8-16(9-7-15)12-17(20)18-14(3)5-4-10-19/h6-9,13-14,19H,4-5,10-12H2,1-3H3,(H,18,20). The van der Waals surface area contributed by atoms with Gasteiger partial charge in [0.25, 0.3) is 0 Å². The highest BCUT2D eigenvalue weighted by molar-refractivity contribution is 5.78. The van der Waals surface area contributed by atoms with Crippen molar-refractivity contribution in [2.75, 3.05) is 6.61 Å². The van der Waals surface area contributed by atoms with Gasteiger partial charge < -0.3 is 10.4 Å². The maximum Gasteiger partial charge on any atom is 0.224 e. The average Bonchev–Trinajstić information content (AvgIpc) is 2.38. The lowest BCUT2D eigenvalue weighted by Crippen LogP contribution is -2.33. The minimum atomic E-state index is 0.0482. The van der Waals surface area contributed by atoms with Crippen molar-refractivity contribution in [2.45, 2.75) is 52.5 Å². The Morgan fingerprint density at radius 2 is 1.75 bits per heavy atom. The van der Waals surface area contributed by atoms with Gasteiger partial charge in [-0.15, -0.1) is 0 Å². The Morgan fingerprint density at radius 3 is 2.30 bits per heavy atom. The third-order valence-electron chi connectivity index (χ3n) is 3.23. The summed E-state index contributed by atoms with van der Waals surface area (Å²) in [6.07, 6.45) is 3.04. The Balaban J connectivity index is 2.41. The first-order valence-corrected chi connectivity index (χ1v) is 7.49. The highest BCUT2D eigenvalue weighted by atomic mass is 16.2. The molecule has 1 amide bonds. The van der Waals surface area contributed by atoms with Crippen molar-refractivity contribution >= 4 is 5.91 Å². The van der Waals surface area contributed by atoms with E-state index in [4.69, 9.17) is 5.11 Å². The van der Waals surface area contributed by atoms with Gasteiger partial charge in [-0.3, -0.25) is 4.79 Å². The van der Waals surface area contributed by atoms with Gasteiger partial charge in [0.15, 0.2) is 0 Å². The normalized spacial score (nSPS) is 12.4. The molecule has 1 unspecified atom stereocenters. The molecule has 1 aromatic rings. The molecule has 112 valence electrons. The van der Waals surface area contributed by atoms with Gasteiger partial charge in [0.1, 0.15) is 0 Å². The van der Waals surface area contributed by atoms with Crippen LogP contribution in [0.25, 0.3) is 0 Å². The topological polar surface area (TPSA) is 49.3 Å². The van der Waals surface area contributed by atoms with Crippen molar-refractivity contribution in [3.63, 3.8) is 0 Å². The number of amides is 1. The van der Waals surface area contributed by atoms with E-state index in [1.54, 1.807) is 0 Å². The van der Waals surface area contributed by atoms with E-state index in [1.165, 1.54) is 5.56 Å². The molecule has 3 heteroatoms. The summed E-state index contributed by atoms with van der Waals surface area (Å²) in [5, 5.41) is 11.7. The lowest BCUT2D eigenvalue weighted by Gasteiger charge is -2.13. The average molecular weight is 277 g/mol. The number of aliphatic hydroxyl groups excluding tert-OH is 1. The summed E-state index contributed by atoms with van der Waals surface area (Å²) < 4.78 is 0. The second-order valence-corrected chi connectivity index (χ2v) is 5.93. The summed E-state index contributed by atoms with van der Waals surface area (Å²) in [6.45, 7) is 6.56. The van der Waals surface area contributed by atoms with Crippen molar-refractivity contribution < 1.29 is 9.90 Å². The van der Waals surface area contributed by atoms with Crippen LogP contribution in [0.1, 0.15) is 44.7 Å². The van der Waals surface area contributed by atoms with Crippen LogP contribution in [0.15, 0.2) is 24.3 Å². The van der Waals surface area contributed by atoms with Crippen LogP contribution in [0.3, 0.4) is 0 Å². The molecule has 0 bridgehead atoms. The molecular formula is C17H27NO2. The zero-order valence-corrected chi connectivity index (χ0v) is 12.9. The molecule has 0 aliphatic heterocycles. The molecule has 2 N–H and O–H groups in total. The molecule has 1 aromatic carbocycles. The number of nitrogens with one attached hydrogen (secondary N) is 1. The Bertz CT molecular complexity index is 398. The molecule has 0 saturated heterocycles.